The van der Waals surface area contributed by atoms with Crippen LogP contribution in [0.25, 0.3) is 0 Å². The highest BCUT2D eigenvalue weighted by Gasteiger charge is 2.21. The Morgan fingerprint density at radius 2 is 2.33 bits per heavy atom. The molecular formula is C14H16N2OS. The van der Waals surface area contributed by atoms with E-state index < -0.39 is 0 Å². The summed E-state index contributed by atoms with van der Waals surface area (Å²) in [6.45, 7) is 0.695. The minimum absolute atomic E-state index is 0.00282. The second-order valence-corrected chi connectivity index (χ2v) is 5.24. The molecule has 0 spiro atoms. The minimum atomic E-state index is -0.00282. The minimum Gasteiger partial charge on any atom is -0.348 e. The molecule has 0 aromatic heterocycles. The highest BCUT2D eigenvalue weighted by molar-refractivity contribution is 7.99. The number of carbonyl (C=O) groups excluding carboxylic acids is 1. The van der Waals surface area contributed by atoms with Crippen molar-refractivity contribution < 1.29 is 4.79 Å². The molecule has 4 heteroatoms. The second-order valence-electron chi connectivity index (χ2n) is 4.10. The number of fused-ring (bicyclic) bond motifs is 1. The molecular weight excluding hydrogens is 244 g/mol. The topological polar surface area (TPSA) is 41.1 Å². The van der Waals surface area contributed by atoms with Crippen molar-refractivity contribution in [2.45, 2.75) is 17.4 Å². The van der Waals surface area contributed by atoms with E-state index in [-0.39, 0.29) is 18.5 Å². The lowest BCUT2D eigenvalue weighted by Crippen LogP contribution is -2.37. The Bertz CT molecular complexity index is 467. The summed E-state index contributed by atoms with van der Waals surface area (Å²) in [5, 5.41) is 5.95. The van der Waals surface area contributed by atoms with Crippen molar-refractivity contribution in [3.05, 3.63) is 29.8 Å². The summed E-state index contributed by atoms with van der Waals surface area (Å²) in [6.07, 6.45) is 6.09. The van der Waals surface area contributed by atoms with Gasteiger partial charge >= 0.3 is 0 Å². The predicted octanol–water partition coefficient (Wildman–Crippen LogP) is 1.56. The molecule has 1 aromatic carbocycles. The van der Waals surface area contributed by atoms with E-state index in [0.717, 1.165) is 12.2 Å². The van der Waals surface area contributed by atoms with Crippen LogP contribution in [0.15, 0.2) is 29.2 Å². The van der Waals surface area contributed by atoms with Crippen molar-refractivity contribution >= 4 is 17.7 Å². The number of rotatable bonds is 4. The molecule has 0 saturated carbocycles. The summed E-state index contributed by atoms with van der Waals surface area (Å²) >= 11 is 1.85. The van der Waals surface area contributed by atoms with Crippen LogP contribution in [0.2, 0.25) is 0 Å². The molecule has 1 atom stereocenters. The van der Waals surface area contributed by atoms with E-state index in [0.29, 0.717) is 6.54 Å². The van der Waals surface area contributed by atoms with Crippen LogP contribution in [0.1, 0.15) is 18.0 Å². The van der Waals surface area contributed by atoms with Crippen LogP contribution in [0, 0.1) is 12.3 Å². The number of terminal acetylenes is 1. The van der Waals surface area contributed by atoms with Gasteiger partial charge in [-0.15, -0.1) is 18.2 Å². The first-order valence-electron chi connectivity index (χ1n) is 5.96. The molecule has 0 saturated heterocycles. The number of carbonyl (C=O) groups is 1. The molecule has 0 radical (unpaired) electrons. The number of hydrogen-bond acceptors (Lipinski definition) is 3. The maximum absolute atomic E-state index is 11.7. The van der Waals surface area contributed by atoms with Gasteiger partial charge in [0.25, 0.3) is 0 Å². The van der Waals surface area contributed by atoms with Gasteiger partial charge in [-0.3, -0.25) is 10.1 Å². The van der Waals surface area contributed by atoms with Crippen molar-refractivity contribution in [3.63, 3.8) is 0 Å². The van der Waals surface area contributed by atoms with Gasteiger partial charge < -0.3 is 5.32 Å². The average molecular weight is 260 g/mol. The summed E-state index contributed by atoms with van der Waals surface area (Å²) in [5.41, 5.74) is 1.22. The van der Waals surface area contributed by atoms with E-state index in [1.807, 2.05) is 23.9 Å². The monoisotopic (exact) mass is 260 g/mol. The van der Waals surface area contributed by atoms with Gasteiger partial charge in [0.05, 0.1) is 19.1 Å². The van der Waals surface area contributed by atoms with Gasteiger partial charge in [0.15, 0.2) is 0 Å². The fraction of sp³-hybridized carbons (Fsp3) is 0.357. The SMILES string of the molecule is C#CCNCC(=O)NC1CCSc2ccccc21. The normalized spacial score (nSPS) is 17.6. The Hall–Kier alpha value is -1.44. The van der Waals surface area contributed by atoms with Crippen LogP contribution < -0.4 is 10.6 Å². The third-order valence-corrected chi connectivity index (χ3v) is 3.93. The van der Waals surface area contributed by atoms with E-state index in [4.69, 9.17) is 6.42 Å². The average Bonchev–Trinajstić information content (AvgIpc) is 2.39. The van der Waals surface area contributed by atoms with Crippen LogP contribution in [-0.2, 0) is 4.79 Å². The van der Waals surface area contributed by atoms with Gasteiger partial charge in [-0.2, -0.15) is 0 Å². The van der Waals surface area contributed by atoms with Crippen molar-refractivity contribution in [1.29, 1.82) is 0 Å². The molecule has 1 heterocycles. The summed E-state index contributed by atoms with van der Waals surface area (Å²) < 4.78 is 0. The molecule has 3 nitrogen and oxygen atoms in total. The molecule has 1 unspecified atom stereocenters. The molecule has 2 N–H and O–H groups in total. The molecule has 0 fully saturated rings. The number of nitrogens with one attached hydrogen (secondary N) is 2. The number of benzene rings is 1. The zero-order valence-electron chi connectivity index (χ0n) is 10.1. The quantitative estimate of drug-likeness (QED) is 0.638. The van der Waals surface area contributed by atoms with Crippen molar-refractivity contribution in [2.75, 3.05) is 18.8 Å². The van der Waals surface area contributed by atoms with Crippen LogP contribution in [-0.4, -0.2) is 24.7 Å². The van der Waals surface area contributed by atoms with E-state index in [2.05, 4.69) is 28.7 Å². The third-order valence-electron chi connectivity index (χ3n) is 2.81. The largest absolute Gasteiger partial charge is 0.348 e. The lowest BCUT2D eigenvalue weighted by atomic mass is 10.0. The molecule has 2 rings (SSSR count). The van der Waals surface area contributed by atoms with Crippen molar-refractivity contribution in [2.24, 2.45) is 0 Å². The summed E-state index contributed by atoms with van der Waals surface area (Å²) in [5.74, 6) is 3.49. The molecule has 0 aliphatic carbocycles. The molecule has 94 valence electrons. The van der Waals surface area contributed by atoms with Gasteiger partial charge in [-0.25, -0.2) is 0 Å². The van der Waals surface area contributed by atoms with Gasteiger partial charge in [0.1, 0.15) is 0 Å². The molecule has 18 heavy (non-hydrogen) atoms. The fourth-order valence-corrected chi connectivity index (χ4v) is 3.11. The van der Waals surface area contributed by atoms with Crippen LogP contribution >= 0.6 is 11.8 Å². The molecule has 1 aliphatic rings. The molecule has 0 bridgehead atoms. The second kappa shape index (κ2) is 6.48. The zero-order valence-corrected chi connectivity index (χ0v) is 10.9. The first-order chi connectivity index (χ1) is 8.81. The lowest BCUT2D eigenvalue weighted by Gasteiger charge is -2.25. The van der Waals surface area contributed by atoms with E-state index >= 15 is 0 Å². The Balaban J connectivity index is 1.95. The highest BCUT2D eigenvalue weighted by Crippen LogP contribution is 2.35. The predicted molar refractivity (Wildman–Crippen MR) is 74.4 cm³/mol. The summed E-state index contributed by atoms with van der Waals surface area (Å²) in [7, 11) is 0. The Labute approximate surface area is 112 Å². The number of hydrogen-bond donors (Lipinski definition) is 2. The van der Waals surface area contributed by atoms with E-state index in [9.17, 15) is 4.79 Å². The smallest absolute Gasteiger partial charge is 0.234 e. The van der Waals surface area contributed by atoms with Gasteiger partial charge in [0.2, 0.25) is 5.91 Å². The van der Waals surface area contributed by atoms with E-state index in [1.165, 1.54) is 10.5 Å². The summed E-state index contributed by atoms with van der Waals surface area (Å²) in [4.78, 5) is 13.0. The zero-order chi connectivity index (χ0) is 12.8. The van der Waals surface area contributed by atoms with Crippen LogP contribution in [0.3, 0.4) is 0 Å². The maximum atomic E-state index is 11.7. The summed E-state index contributed by atoms with van der Waals surface area (Å²) in [6, 6.07) is 8.36. The molecule has 1 aromatic rings. The third kappa shape index (κ3) is 3.28. The Morgan fingerprint density at radius 3 is 3.17 bits per heavy atom. The Morgan fingerprint density at radius 1 is 1.50 bits per heavy atom. The van der Waals surface area contributed by atoms with Gasteiger partial charge in [0, 0.05) is 10.6 Å². The first kappa shape index (κ1) is 13.0. The van der Waals surface area contributed by atoms with Gasteiger partial charge in [-0.1, -0.05) is 24.1 Å². The lowest BCUT2D eigenvalue weighted by molar-refractivity contribution is -0.121. The van der Waals surface area contributed by atoms with Crippen LogP contribution in [0.5, 0.6) is 0 Å². The highest BCUT2D eigenvalue weighted by atomic mass is 32.2. The number of thioether (sulfide) groups is 1. The molecule has 1 amide bonds. The number of amides is 1. The maximum Gasteiger partial charge on any atom is 0.234 e. The van der Waals surface area contributed by atoms with Crippen LogP contribution in [0.4, 0.5) is 0 Å². The van der Waals surface area contributed by atoms with E-state index in [1.54, 1.807) is 0 Å². The standard InChI is InChI=1S/C14H16N2OS/c1-2-8-15-10-14(17)16-12-7-9-18-13-6-4-3-5-11(12)13/h1,3-6,12,15H,7-10H2,(H,16,17). The van der Waals surface area contributed by atoms with Gasteiger partial charge in [-0.05, 0) is 18.1 Å². The molecule has 1 aliphatic heterocycles. The van der Waals surface area contributed by atoms with Crippen molar-refractivity contribution in [3.8, 4) is 12.3 Å². The van der Waals surface area contributed by atoms with Crippen molar-refractivity contribution in [1.82, 2.24) is 10.6 Å². The fourth-order valence-electron chi connectivity index (χ4n) is 1.99. The first-order valence-corrected chi connectivity index (χ1v) is 6.95. The Kier molecular flexibility index (Phi) is 4.68.